The van der Waals surface area contributed by atoms with Gasteiger partial charge in [0.15, 0.2) is 6.10 Å². The first-order chi connectivity index (χ1) is 15.3. The van der Waals surface area contributed by atoms with Crippen molar-refractivity contribution in [2.75, 3.05) is 16.2 Å². The number of rotatable bonds is 5. The van der Waals surface area contributed by atoms with Gasteiger partial charge in [-0.3, -0.25) is 9.10 Å². The third-order valence-electron chi connectivity index (χ3n) is 5.27. The molecule has 4 rings (SSSR count). The second kappa shape index (κ2) is 8.84. The summed E-state index contributed by atoms with van der Waals surface area (Å²) in [7, 11) is -3.94. The first-order valence-electron chi connectivity index (χ1n) is 10.2. The Hall–Kier alpha value is -3.03. The first-order valence-corrected chi connectivity index (χ1v) is 12.0. The summed E-state index contributed by atoms with van der Waals surface area (Å²) in [6, 6.07) is 20.3. The van der Waals surface area contributed by atoms with Gasteiger partial charge in [-0.1, -0.05) is 55.8 Å². The molecule has 0 spiro atoms. The molecule has 0 aromatic heterocycles. The lowest BCUT2D eigenvalue weighted by molar-refractivity contribution is -0.122. The SMILES string of the molecule is CC(C)c1ccccc1NC(=O)C1CN(S(=O)(=O)c2ccc(Cl)cc2)c2ccccc2O1. The van der Waals surface area contributed by atoms with Gasteiger partial charge in [0.1, 0.15) is 5.75 Å². The number of anilines is 2. The van der Waals surface area contributed by atoms with Gasteiger partial charge >= 0.3 is 0 Å². The number of benzene rings is 3. The molecular weight excluding hydrogens is 448 g/mol. The summed E-state index contributed by atoms with van der Waals surface area (Å²) in [5, 5.41) is 3.35. The topological polar surface area (TPSA) is 75.7 Å². The van der Waals surface area contributed by atoms with Crippen LogP contribution in [0.3, 0.4) is 0 Å². The number of sulfonamides is 1. The van der Waals surface area contributed by atoms with Crippen molar-refractivity contribution in [2.45, 2.75) is 30.8 Å². The predicted octanol–water partition coefficient (Wildman–Crippen LogP) is 5.06. The minimum Gasteiger partial charge on any atom is -0.476 e. The number of amides is 1. The van der Waals surface area contributed by atoms with E-state index in [1.165, 1.54) is 28.6 Å². The molecule has 0 fully saturated rings. The molecule has 0 aliphatic carbocycles. The van der Waals surface area contributed by atoms with Crippen LogP contribution in [0.5, 0.6) is 5.75 Å². The van der Waals surface area contributed by atoms with Gasteiger partial charge in [0.05, 0.1) is 17.1 Å². The van der Waals surface area contributed by atoms with E-state index >= 15 is 0 Å². The van der Waals surface area contributed by atoms with Crippen molar-refractivity contribution in [3.63, 3.8) is 0 Å². The Morgan fingerprint density at radius 3 is 2.41 bits per heavy atom. The zero-order valence-electron chi connectivity index (χ0n) is 17.7. The van der Waals surface area contributed by atoms with Crippen LogP contribution in [-0.4, -0.2) is 27.0 Å². The van der Waals surface area contributed by atoms with Crippen LogP contribution in [0.1, 0.15) is 25.3 Å². The van der Waals surface area contributed by atoms with Crippen LogP contribution in [-0.2, 0) is 14.8 Å². The average Bonchev–Trinajstić information content (AvgIpc) is 2.78. The van der Waals surface area contributed by atoms with Crippen molar-refractivity contribution in [1.82, 2.24) is 0 Å². The van der Waals surface area contributed by atoms with Gasteiger partial charge in [-0.2, -0.15) is 0 Å². The fourth-order valence-corrected chi connectivity index (χ4v) is 5.23. The Morgan fingerprint density at radius 2 is 1.69 bits per heavy atom. The Bertz CT molecular complexity index is 1240. The van der Waals surface area contributed by atoms with Crippen molar-refractivity contribution in [2.24, 2.45) is 0 Å². The standard InChI is InChI=1S/C24H23ClN2O4S/c1-16(2)19-7-3-4-8-20(19)26-24(28)23-15-27(21-9-5-6-10-22(21)31-23)32(29,30)18-13-11-17(25)12-14-18/h3-14,16,23H,15H2,1-2H3,(H,26,28). The molecule has 1 aliphatic heterocycles. The monoisotopic (exact) mass is 470 g/mol. The van der Waals surface area contributed by atoms with Gasteiger partial charge in [0.25, 0.3) is 15.9 Å². The van der Waals surface area contributed by atoms with Crippen molar-refractivity contribution in [3.05, 3.63) is 83.4 Å². The van der Waals surface area contributed by atoms with Crippen LogP contribution in [0, 0.1) is 0 Å². The Morgan fingerprint density at radius 1 is 1.03 bits per heavy atom. The minimum absolute atomic E-state index is 0.0860. The summed E-state index contributed by atoms with van der Waals surface area (Å²) in [6.45, 7) is 3.93. The molecule has 3 aromatic carbocycles. The number of carbonyl (C=O) groups is 1. The highest BCUT2D eigenvalue weighted by molar-refractivity contribution is 7.92. The minimum atomic E-state index is -3.94. The van der Waals surface area contributed by atoms with Crippen LogP contribution >= 0.6 is 11.6 Å². The molecule has 1 atom stereocenters. The zero-order chi connectivity index (χ0) is 22.9. The molecular formula is C24H23ClN2O4S. The van der Waals surface area contributed by atoms with Crippen LogP contribution in [0.2, 0.25) is 5.02 Å². The summed E-state index contributed by atoms with van der Waals surface area (Å²) in [5.74, 6) is 0.124. The molecule has 1 N–H and O–H groups in total. The number of ether oxygens (including phenoxy) is 1. The van der Waals surface area contributed by atoms with Gasteiger partial charge < -0.3 is 10.1 Å². The van der Waals surface area contributed by atoms with Crippen molar-refractivity contribution in [3.8, 4) is 5.75 Å². The fraction of sp³-hybridized carbons (Fsp3) is 0.208. The van der Waals surface area contributed by atoms with Crippen LogP contribution in [0.15, 0.2) is 77.7 Å². The molecule has 0 saturated carbocycles. The van der Waals surface area contributed by atoms with Crippen LogP contribution in [0.4, 0.5) is 11.4 Å². The third-order valence-corrected chi connectivity index (χ3v) is 7.32. The molecule has 1 amide bonds. The number of nitrogens with zero attached hydrogens (tertiary/aromatic N) is 1. The quantitative estimate of drug-likeness (QED) is 0.565. The van der Waals surface area contributed by atoms with Crippen molar-refractivity contribution < 1.29 is 17.9 Å². The van der Waals surface area contributed by atoms with E-state index < -0.39 is 22.0 Å². The van der Waals surface area contributed by atoms with Gasteiger partial charge in [-0.25, -0.2) is 8.42 Å². The van der Waals surface area contributed by atoms with Crippen molar-refractivity contribution >= 4 is 38.9 Å². The number of nitrogens with one attached hydrogen (secondary N) is 1. The number of para-hydroxylation sites is 3. The molecule has 1 heterocycles. The second-order valence-corrected chi connectivity index (χ2v) is 10.1. The molecule has 0 bridgehead atoms. The van der Waals surface area contributed by atoms with E-state index in [-0.39, 0.29) is 17.4 Å². The van der Waals surface area contributed by atoms with Crippen LogP contribution in [0.25, 0.3) is 0 Å². The number of halogens is 1. The molecule has 3 aromatic rings. The van der Waals surface area contributed by atoms with E-state index in [1.807, 2.05) is 38.1 Å². The lowest BCUT2D eigenvalue weighted by atomic mass is 10.0. The number of fused-ring (bicyclic) bond motifs is 1. The van der Waals surface area contributed by atoms with E-state index in [0.717, 1.165) is 5.56 Å². The maximum Gasteiger partial charge on any atom is 0.267 e. The second-order valence-electron chi connectivity index (χ2n) is 7.80. The molecule has 32 heavy (non-hydrogen) atoms. The molecule has 6 nitrogen and oxygen atoms in total. The van der Waals surface area contributed by atoms with Gasteiger partial charge in [-0.05, 0) is 53.9 Å². The van der Waals surface area contributed by atoms with Gasteiger partial charge in [-0.15, -0.1) is 0 Å². The van der Waals surface area contributed by atoms with E-state index in [2.05, 4.69) is 5.32 Å². The third kappa shape index (κ3) is 4.31. The number of hydrogen-bond acceptors (Lipinski definition) is 4. The highest BCUT2D eigenvalue weighted by atomic mass is 35.5. The summed E-state index contributed by atoms with van der Waals surface area (Å²) < 4.78 is 34.0. The average molecular weight is 471 g/mol. The normalized spacial score (nSPS) is 15.8. The van der Waals surface area contributed by atoms with E-state index in [0.29, 0.717) is 22.1 Å². The summed E-state index contributed by atoms with van der Waals surface area (Å²) >= 11 is 5.92. The highest BCUT2D eigenvalue weighted by Crippen LogP contribution is 2.37. The fourth-order valence-electron chi connectivity index (χ4n) is 3.63. The molecule has 8 heteroatoms. The summed E-state index contributed by atoms with van der Waals surface area (Å²) in [4.78, 5) is 13.2. The summed E-state index contributed by atoms with van der Waals surface area (Å²) in [5.41, 5.74) is 2.05. The highest BCUT2D eigenvalue weighted by Gasteiger charge is 2.37. The van der Waals surface area contributed by atoms with Gasteiger partial charge in [0, 0.05) is 10.7 Å². The van der Waals surface area contributed by atoms with Crippen LogP contribution < -0.4 is 14.4 Å². The number of hydrogen-bond donors (Lipinski definition) is 1. The van der Waals surface area contributed by atoms with E-state index in [1.54, 1.807) is 24.3 Å². The first kappa shape index (κ1) is 22.2. The lowest BCUT2D eigenvalue weighted by Crippen LogP contribution is -2.48. The maximum atomic E-state index is 13.4. The molecule has 1 unspecified atom stereocenters. The molecule has 1 aliphatic rings. The molecule has 0 saturated heterocycles. The Labute approximate surface area is 192 Å². The number of carbonyl (C=O) groups excluding carboxylic acids is 1. The van der Waals surface area contributed by atoms with Crippen molar-refractivity contribution in [1.29, 1.82) is 0 Å². The lowest BCUT2D eigenvalue weighted by Gasteiger charge is -2.34. The largest absolute Gasteiger partial charge is 0.476 e. The molecule has 166 valence electrons. The van der Waals surface area contributed by atoms with E-state index in [4.69, 9.17) is 16.3 Å². The van der Waals surface area contributed by atoms with E-state index in [9.17, 15) is 13.2 Å². The summed E-state index contributed by atoms with van der Waals surface area (Å²) in [6.07, 6.45) is -1.02. The predicted molar refractivity (Wildman–Crippen MR) is 126 cm³/mol. The maximum absolute atomic E-state index is 13.4. The molecule has 0 radical (unpaired) electrons. The zero-order valence-corrected chi connectivity index (χ0v) is 19.2. The van der Waals surface area contributed by atoms with Gasteiger partial charge in [0.2, 0.25) is 0 Å². The Kier molecular flexibility index (Phi) is 6.13. The Balaban J connectivity index is 1.67. The smallest absolute Gasteiger partial charge is 0.267 e.